The number of carbonyl (C=O) groups excluding carboxylic acids is 1. The molecule has 1 amide bonds. The minimum absolute atomic E-state index is 0.138. The van der Waals surface area contributed by atoms with E-state index in [1.807, 2.05) is 0 Å². The zero-order valence-corrected chi connectivity index (χ0v) is 8.73. The maximum Gasteiger partial charge on any atom is 0.407 e. The zero-order valence-electron chi connectivity index (χ0n) is 8.73. The number of amides is 1. The summed E-state index contributed by atoms with van der Waals surface area (Å²) in [4.78, 5) is 23.5. The molecule has 0 aromatic carbocycles. The van der Waals surface area contributed by atoms with Gasteiger partial charge in [-0.1, -0.05) is 0 Å². The smallest absolute Gasteiger partial charge is 0.407 e. The number of likely N-dealkylation sites (tertiary alicyclic amines) is 1. The second-order valence-electron chi connectivity index (χ2n) is 4.36. The summed E-state index contributed by atoms with van der Waals surface area (Å²) in [6, 6.07) is 0. The van der Waals surface area contributed by atoms with E-state index < -0.39 is 6.09 Å². The minimum Gasteiger partial charge on any atom is -0.465 e. The number of carbonyl (C=O) groups is 2. The largest absolute Gasteiger partial charge is 0.465 e. The number of nitrogens with zero attached hydrogens (tertiary/aromatic N) is 1. The van der Waals surface area contributed by atoms with E-state index in [1.165, 1.54) is 4.90 Å². The number of hydrogen-bond donors (Lipinski definition) is 1. The van der Waals surface area contributed by atoms with Crippen molar-refractivity contribution in [1.29, 1.82) is 0 Å². The fraction of sp³-hybridized carbons (Fsp3) is 0.800. The first-order chi connectivity index (χ1) is 7.02. The Bertz CT molecular complexity index is 294. The molecule has 0 aliphatic carbocycles. The van der Waals surface area contributed by atoms with Crippen molar-refractivity contribution in [2.45, 2.75) is 37.9 Å². The van der Waals surface area contributed by atoms with Crippen LogP contribution in [0.5, 0.6) is 0 Å². The molecule has 2 fully saturated rings. The highest BCUT2D eigenvalue weighted by Gasteiger charge is 2.46. The van der Waals surface area contributed by atoms with Crippen LogP contribution in [0.4, 0.5) is 4.79 Å². The molecular formula is C10H15NO4. The van der Waals surface area contributed by atoms with Gasteiger partial charge in [0.15, 0.2) is 5.78 Å². The molecule has 0 saturated carbocycles. The lowest BCUT2D eigenvalue weighted by Gasteiger charge is -2.37. The fourth-order valence-electron chi connectivity index (χ4n) is 2.34. The Labute approximate surface area is 88.0 Å². The highest BCUT2D eigenvalue weighted by molar-refractivity contribution is 5.85. The molecule has 1 spiro atoms. The van der Waals surface area contributed by atoms with Crippen molar-refractivity contribution in [3.05, 3.63) is 0 Å². The molecule has 2 heterocycles. The molecule has 2 saturated heterocycles. The van der Waals surface area contributed by atoms with Gasteiger partial charge in [0.1, 0.15) is 6.10 Å². The second-order valence-corrected chi connectivity index (χ2v) is 4.36. The normalized spacial score (nSPS) is 29.8. The number of ether oxygens (including phenoxy) is 1. The summed E-state index contributed by atoms with van der Waals surface area (Å²) in [6.07, 6.45) is 0.510. The van der Waals surface area contributed by atoms with Crippen molar-refractivity contribution in [3.8, 4) is 0 Å². The van der Waals surface area contributed by atoms with Crippen LogP contribution < -0.4 is 0 Å². The molecule has 0 aromatic rings. The van der Waals surface area contributed by atoms with Crippen LogP contribution in [0.3, 0.4) is 0 Å². The van der Waals surface area contributed by atoms with Gasteiger partial charge in [-0.25, -0.2) is 4.79 Å². The number of rotatable bonds is 0. The van der Waals surface area contributed by atoms with E-state index >= 15 is 0 Å². The highest BCUT2D eigenvalue weighted by Crippen LogP contribution is 2.36. The first-order valence-corrected chi connectivity index (χ1v) is 5.21. The van der Waals surface area contributed by atoms with Crippen LogP contribution in [0.2, 0.25) is 0 Å². The number of hydrogen-bond acceptors (Lipinski definition) is 3. The van der Waals surface area contributed by atoms with Gasteiger partial charge in [-0.15, -0.1) is 0 Å². The van der Waals surface area contributed by atoms with Crippen LogP contribution in [0, 0.1) is 0 Å². The van der Waals surface area contributed by atoms with Crippen molar-refractivity contribution in [1.82, 2.24) is 4.90 Å². The maximum atomic E-state index is 11.4. The molecule has 1 N–H and O–H groups in total. The molecule has 2 aliphatic heterocycles. The standard InChI is InChI=1S/C10H15NO4/c1-7-8(12)6-10(15-7)2-4-11(5-3-10)9(13)14/h7H,2-6H2,1H3,(H,13,14). The van der Waals surface area contributed by atoms with Crippen LogP contribution in [0.15, 0.2) is 0 Å². The van der Waals surface area contributed by atoms with Crippen LogP contribution in [-0.4, -0.2) is 46.7 Å². The molecule has 1 atom stereocenters. The summed E-state index contributed by atoms with van der Waals surface area (Å²) < 4.78 is 5.66. The van der Waals surface area contributed by atoms with E-state index in [9.17, 15) is 9.59 Å². The van der Waals surface area contributed by atoms with Gasteiger partial charge < -0.3 is 14.7 Å². The molecule has 15 heavy (non-hydrogen) atoms. The molecule has 0 radical (unpaired) electrons. The number of carboxylic acid groups (broad SMARTS) is 1. The summed E-state index contributed by atoms with van der Waals surface area (Å²) in [6.45, 7) is 2.70. The van der Waals surface area contributed by atoms with Gasteiger partial charge in [-0.3, -0.25) is 4.79 Å². The van der Waals surface area contributed by atoms with Crippen LogP contribution in [0.25, 0.3) is 0 Å². The Hall–Kier alpha value is -1.10. The van der Waals surface area contributed by atoms with Gasteiger partial charge in [0, 0.05) is 19.5 Å². The number of Topliss-reactive ketones (excluding diaryl/α,β-unsaturated/α-hetero) is 1. The quantitative estimate of drug-likeness (QED) is 0.648. The van der Waals surface area contributed by atoms with Crippen molar-refractivity contribution in [3.63, 3.8) is 0 Å². The highest BCUT2D eigenvalue weighted by atomic mass is 16.5. The third-order valence-corrected chi connectivity index (χ3v) is 3.32. The molecule has 5 heteroatoms. The van der Waals surface area contributed by atoms with Crippen molar-refractivity contribution < 1.29 is 19.4 Å². The summed E-state index contributed by atoms with van der Waals surface area (Å²) in [7, 11) is 0. The van der Waals surface area contributed by atoms with Gasteiger partial charge in [0.2, 0.25) is 0 Å². The monoisotopic (exact) mass is 213 g/mol. The minimum atomic E-state index is -0.887. The molecule has 84 valence electrons. The first-order valence-electron chi connectivity index (χ1n) is 5.21. The Morgan fingerprint density at radius 2 is 2.13 bits per heavy atom. The van der Waals surface area contributed by atoms with E-state index in [1.54, 1.807) is 6.92 Å². The summed E-state index contributed by atoms with van der Waals surface area (Å²) >= 11 is 0. The van der Waals surface area contributed by atoms with Crippen LogP contribution in [-0.2, 0) is 9.53 Å². The van der Waals surface area contributed by atoms with E-state index in [-0.39, 0.29) is 17.5 Å². The summed E-state index contributed by atoms with van der Waals surface area (Å²) in [5.74, 6) is 0.138. The zero-order chi connectivity index (χ0) is 11.1. The van der Waals surface area contributed by atoms with Crippen LogP contribution in [0.1, 0.15) is 26.2 Å². The van der Waals surface area contributed by atoms with Gasteiger partial charge in [-0.2, -0.15) is 0 Å². The van der Waals surface area contributed by atoms with Crippen molar-refractivity contribution in [2.24, 2.45) is 0 Å². The number of piperidine rings is 1. The Kier molecular flexibility index (Phi) is 2.42. The lowest BCUT2D eigenvalue weighted by atomic mass is 9.88. The molecule has 0 bridgehead atoms. The SMILES string of the molecule is CC1OC2(CCN(C(=O)O)CC2)CC1=O. The van der Waals surface area contributed by atoms with E-state index in [0.29, 0.717) is 32.4 Å². The van der Waals surface area contributed by atoms with Gasteiger partial charge in [0.25, 0.3) is 0 Å². The summed E-state index contributed by atoms with van der Waals surface area (Å²) in [5.41, 5.74) is -0.373. The first kappa shape index (κ1) is 10.4. The average molecular weight is 213 g/mol. The van der Waals surface area contributed by atoms with Gasteiger partial charge >= 0.3 is 6.09 Å². The Balaban J connectivity index is 1.99. The Morgan fingerprint density at radius 1 is 1.53 bits per heavy atom. The predicted molar refractivity (Wildman–Crippen MR) is 51.7 cm³/mol. The van der Waals surface area contributed by atoms with Gasteiger partial charge in [-0.05, 0) is 19.8 Å². The maximum absolute atomic E-state index is 11.4. The van der Waals surface area contributed by atoms with Gasteiger partial charge in [0.05, 0.1) is 5.60 Å². The molecule has 5 nitrogen and oxygen atoms in total. The van der Waals surface area contributed by atoms with E-state index in [0.717, 1.165) is 0 Å². The lowest BCUT2D eigenvalue weighted by molar-refractivity contribution is -0.123. The number of ketones is 1. The average Bonchev–Trinajstić information content (AvgIpc) is 2.43. The Morgan fingerprint density at radius 3 is 2.53 bits per heavy atom. The van der Waals surface area contributed by atoms with Crippen LogP contribution >= 0.6 is 0 Å². The molecule has 2 aliphatic rings. The summed E-state index contributed by atoms with van der Waals surface area (Å²) in [5, 5.41) is 8.79. The van der Waals surface area contributed by atoms with E-state index in [4.69, 9.17) is 9.84 Å². The fourth-order valence-corrected chi connectivity index (χ4v) is 2.34. The molecule has 2 rings (SSSR count). The lowest BCUT2D eigenvalue weighted by Crippen LogP contribution is -2.46. The topological polar surface area (TPSA) is 66.8 Å². The van der Waals surface area contributed by atoms with E-state index in [2.05, 4.69) is 0 Å². The second kappa shape index (κ2) is 3.48. The molecule has 1 unspecified atom stereocenters. The van der Waals surface area contributed by atoms with Crippen molar-refractivity contribution in [2.75, 3.05) is 13.1 Å². The third-order valence-electron chi connectivity index (χ3n) is 3.32. The molecular weight excluding hydrogens is 198 g/mol. The predicted octanol–water partition coefficient (Wildman–Crippen LogP) is 0.877. The van der Waals surface area contributed by atoms with Crippen molar-refractivity contribution >= 4 is 11.9 Å². The third kappa shape index (κ3) is 1.84. The molecule has 0 aromatic heterocycles.